The van der Waals surface area contributed by atoms with Crippen molar-refractivity contribution in [1.82, 2.24) is 14.8 Å². The van der Waals surface area contributed by atoms with E-state index in [-0.39, 0.29) is 6.03 Å². The van der Waals surface area contributed by atoms with Crippen LogP contribution in [0, 0.1) is 5.92 Å². The third kappa shape index (κ3) is 5.83. The molecule has 1 aromatic heterocycles. The van der Waals surface area contributed by atoms with Crippen LogP contribution in [-0.4, -0.2) is 67.6 Å². The molecule has 1 N–H and O–H groups in total. The monoisotopic (exact) mass is 373 g/mol. The number of hydrogen-bond acceptors (Lipinski definition) is 4. The van der Waals surface area contributed by atoms with Crippen LogP contribution in [-0.2, 0) is 0 Å². The molecule has 0 radical (unpaired) electrons. The molecule has 0 unspecified atom stereocenters. The number of pyridine rings is 1. The summed E-state index contributed by atoms with van der Waals surface area (Å²) in [6, 6.07) is 3.89. The van der Waals surface area contributed by atoms with E-state index in [1.165, 1.54) is 44.9 Å². The Morgan fingerprint density at radius 1 is 1.15 bits per heavy atom. The minimum absolute atomic E-state index is 0.0101. The molecule has 3 rings (SSSR count). The number of urea groups is 1. The summed E-state index contributed by atoms with van der Waals surface area (Å²) in [6.45, 7) is 4.54. The molecular weight excluding hydrogens is 338 g/mol. The van der Waals surface area contributed by atoms with Crippen LogP contribution >= 0.6 is 0 Å². The van der Waals surface area contributed by atoms with Gasteiger partial charge in [-0.05, 0) is 57.8 Å². The Kier molecular flexibility index (Phi) is 7.33. The Hall–Kier alpha value is -1.82. The number of rotatable bonds is 7. The maximum atomic E-state index is 13.1. The van der Waals surface area contributed by atoms with E-state index in [0.717, 1.165) is 44.2 Å². The van der Waals surface area contributed by atoms with Gasteiger partial charge in [-0.1, -0.05) is 19.3 Å². The number of carbonyl (C=O) groups excluding carboxylic acids is 1. The average molecular weight is 374 g/mol. The Labute approximate surface area is 163 Å². The lowest BCUT2D eigenvalue weighted by Crippen LogP contribution is -2.42. The Bertz CT molecular complexity index is 594. The van der Waals surface area contributed by atoms with Crippen molar-refractivity contribution in [3.8, 4) is 0 Å². The standard InChI is InChI=1S/C21H35N5O/c1-24(2)15-16-26(17-18-9-4-3-5-10-18)21(27)23-19-11-8-12-22-20(19)25-13-6-7-14-25/h8,11-12,18H,3-7,9-10,13-17H2,1-2H3,(H,23,27). The van der Waals surface area contributed by atoms with Gasteiger partial charge in [-0.15, -0.1) is 0 Å². The zero-order chi connectivity index (χ0) is 19.1. The zero-order valence-corrected chi connectivity index (χ0v) is 17.0. The summed E-state index contributed by atoms with van der Waals surface area (Å²) in [5.74, 6) is 1.55. The van der Waals surface area contributed by atoms with Gasteiger partial charge < -0.3 is 20.0 Å². The van der Waals surface area contributed by atoms with Gasteiger partial charge in [-0.2, -0.15) is 0 Å². The molecule has 1 saturated carbocycles. The number of aromatic nitrogens is 1. The predicted octanol–water partition coefficient (Wildman–Crippen LogP) is 3.66. The second-order valence-corrected chi connectivity index (χ2v) is 8.25. The highest BCUT2D eigenvalue weighted by Crippen LogP contribution is 2.27. The van der Waals surface area contributed by atoms with Gasteiger partial charge in [0, 0.05) is 38.9 Å². The van der Waals surface area contributed by atoms with E-state index in [1.807, 2.05) is 23.2 Å². The number of likely N-dealkylation sites (N-methyl/N-ethyl adjacent to an activating group) is 1. The van der Waals surface area contributed by atoms with E-state index >= 15 is 0 Å². The molecule has 6 nitrogen and oxygen atoms in total. The highest BCUT2D eigenvalue weighted by Gasteiger charge is 2.23. The molecule has 6 heteroatoms. The Morgan fingerprint density at radius 3 is 2.59 bits per heavy atom. The molecule has 2 fully saturated rings. The van der Waals surface area contributed by atoms with Gasteiger partial charge in [-0.25, -0.2) is 9.78 Å². The smallest absolute Gasteiger partial charge is 0.322 e. The molecule has 1 aromatic rings. The molecular formula is C21H35N5O. The largest absolute Gasteiger partial charge is 0.355 e. The highest BCUT2D eigenvalue weighted by molar-refractivity contribution is 5.92. The molecule has 0 aromatic carbocycles. The van der Waals surface area contributed by atoms with Crippen LogP contribution in [0.3, 0.4) is 0 Å². The van der Waals surface area contributed by atoms with Gasteiger partial charge >= 0.3 is 6.03 Å². The molecule has 27 heavy (non-hydrogen) atoms. The molecule has 2 heterocycles. The van der Waals surface area contributed by atoms with Crippen LogP contribution in [0.5, 0.6) is 0 Å². The maximum absolute atomic E-state index is 13.1. The highest BCUT2D eigenvalue weighted by atomic mass is 16.2. The van der Waals surface area contributed by atoms with Crippen molar-refractivity contribution in [2.24, 2.45) is 5.92 Å². The van der Waals surface area contributed by atoms with E-state index in [1.54, 1.807) is 0 Å². The fourth-order valence-corrected chi connectivity index (χ4v) is 4.15. The Morgan fingerprint density at radius 2 is 1.89 bits per heavy atom. The summed E-state index contributed by atoms with van der Waals surface area (Å²) in [5, 5.41) is 3.17. The fourth-order valence-electron chi connectivity index (χ4n) is 4.15. The minimum atomic E-state index is 0.0101. The van der Waals surface area contributed by atoms with E-state index in [2.05, 4.69) is 34.2 Å². The number of hydrogen-bond donors (Lipinski definition) is 1. The first-order chi connectivity index (χ1) is 13.1. The normalized spacial score (nSPS) is 18.1. The first kappa shape index (κ1) is 19.9. The minimum Gasteiger partial charge on any atom is -0.355 e. The molecule has 1 saturated heterocycles. The quantitative estimate of drug-likeness (QED) is 0.792. The number of anilines is 2. The van der Waals surface area contributed by atoms with Crippen molar-refractivity contribution < 1.29 is 4.79 Å². The van der Waals surface area contributed by atoms with Crippen molar-refractivity contribution in [3.05, 3.63) is 18.3 Å². The maximum Gasteiger partial charge on any atom is 0.322 e. The number of carbonyl (C=O) groups is 1. The Balaban J connectivity index is 1.67. The van der Waals surface area contributed by atoms with Crippen molar-refractivity contribution >= 4 is 17.5 Å². The summed E-state index contributed by atoms with van der Waals surface area (Å²) < 4.78 is 0. The van der Waals surface area contributed by atoms with Gasteiger partial charge in [-0.3, -0.25) is 0 Å². The average Bonchev–Trinajstić information content (AvgIpc) is 3.20. The number of nitrogens with one attached hydrogen (secondary N) is 1. The lowest BCUT2D eigenvalue weighted by molar-refractivity contribution is 0.183. The van der Waals surface area contributed by atoms with Crippen LogP contribution in [0.4, 0.5) is 16.3 Å². The molecule has 0 bridgehead atoms. The van der Waals surface area contributed by atoms with E-state index in [4.69, 9.17) is 0 Å². The van der Waals surface area contributed by atoms with Crippen molar-refractivity contribution in [2.75, 3.05) is 57.0 Å². The topological polar surface area (TPSA) is 51.7 Å². The lowest BCUT2D eigenvalue weighted by Gasteiger charge is -2.31. The lowest BCUT2D eigenvalue weighted by atomic mass is 9.89. The van der Waals surface area contributed by atoms with Crippen LogP contribution in [0.2, 0.25) is 0 Å². The molecule has 1 aliphatic carbocycles. The third-order valence-electron chi connectivity index (χ3n) is 5.74. The molecule has 0 atom stereocenters. The first-order valence-corrected chi connectivity index (χ1v) is 10.5. The molecule has 150 valence electrons. The van der Waals surface area contributed by atoms with Crippen LogP contribution < -0.4 is 10.2 Å². The predicted molar refractivity (Wildman–Crippen MR) is 111 cm³/mol. The second kappa shape index (κ2) is 9.93. The molecule has 2 aliphatic rings. The molecule has 2 amide bonds. The number of amides is 2. The SMILES string of the molecule is CN(C)CCN(CC1CCCCC1)C(=O)Nc1cccnc1N1CCCC1. The van der Waals surface area contributed by atoms with Crippen molar-refractivity contribution in [3.63, 3.8) is 0 Å². The summed E-state index contributed by atoms with van der Waals surface area (Å²) >= 11 is 0. The van der Waals surface area contributed by atoms with E-state index in [9.17, 15) is 4.79 Å². The van der Waals surface area contributed by atoms with Crippen LogP contribution in [0.1, 0.15) is 44.9 Å². The summed E-state index contributed by atoms with van der Waals surface area (Å²) in [4.78, 5) is 24.1. The zero-order valence-electron chi connectivity index (χ0n) is 17.0. The van der Waals surface area contributed by atoms with Gasteiger partial charge in [0.25, 0.3) is 0 Å². The fraction of sp³-hybridized carbons (Fsp3) is 0.714. The second-order valence-electron chi connectivity index (χ2n) is 8.25. The van der Waals surface area contributed by atoms with Gasteiger partial charge in [0.05, 0.1) is 5.69 Å². The third-order valence-corrected chi connectivity index (χ3v) is 5.74. The van der Waals surface area contributed by atoms with Crippen LogP contribution in [0.15, 0.2) is 18.3 Å². The van der Waals surface area contributed by atoms with Crippen molar-refractivity contribution in [1.29, 1.82) is 0 Å². The van der Waals surface area contributed by atoms with Gasteiger partial charge in [0.15, 0.2) is 5.82 Å². The van der Waals surface area contributed by atoms with E-state index in [0.29, 0.717) is 5.92 Å². The van der Waals surface area contributed by atoms with Gasteiger partial charge in [0.1, 0.15) is 0 Å². The van der Waals surface area contributed by atoms with Crippen molar-refractivity contribution in [2.45, 2.75) is 44.9 Å². The first-order valence-electron chi connectivity index (χ1n) is 10.5. The summed E-state index contributed by atoms with van der Waals surface area (Å²) in [5.41, 5.74) is 0.836. The number of nitrogens with zero attached hydrogens (tertiary/aromatic N) is 4. The van der Waals surface area contributed by atoms with Crippen LogP contribution in [0.25, 0.3) is 0 Å². The summed E-state index contributed by atoms with van der Waals surface area (Å²) in [7, 11) is 4.12. The van der Waals surface area contributed by atoms with Gasteiger partial charge in [0.2, 0.25) is 0 Å². The summed E-state index contributed by atoms with van der Waals surface area (Å²) in [6.07, 6.45) is 10.6. The van der Waals surface area contributed by atoms with E-state index < -0.39 is 0 Å². The molecule has 0 spiro atoms. The molecule has 1 aliphatic heterocycles.